The molecular weight excluding hydrogens is 396 g/mol. The molecule has 26 heavy (non-hydrogen) atoms. The van der Waals surface area contributed by atoms with Gasteiger partial charge in [-0.2, -0.15) is 0 Å². The number of likely N-dealkylation sites (tertiary alicyclic amines) is 1. The van der Waals surface area contributed by atoms with Gasteiger partial charge in [0.15, 0.2) is 0 Å². The Kier molecular flexibility index (Phi) is 5.16. The van der Waals surface area contributed by atoms with Gasteiger partial charge < -0.3 is 14.4 Å². The molecule has 5 nitrogen and oxygen atoms in total. The van der Waals surface area contributed by atoms with Crippen LogP contribution in [0.4, 0.5) is 0 Å². The number of pyridine rings is 1. The number of rotatable bonds is 5. The molecule has 3 heterocycles. The number of aromatic nitrogens is 1. The summed E-state index contributed by atoms with van der Waals surface area (Å²) >= 11 is 3.40. The van der Waals surface area contributed by atoms with Gasteiger partial charge in [0, 0.05) is 48.3 Å². The molecule has 0 spiro atoms. The molecule has 0 aliphatic carbocycles. The zero-order valence-corrected chi connectivity index (χ0v) is 16.1. The van der Waals surface area contributed by atoms with E-state index in [4.69, 9.17) is 4.74 Å². The summed E-state index contributed by atoms with van der Waals surface area (Å²) in [6.45, 7) is 3.47. The van der Waals surface area contributed by atoms with Crippen molar-refractivity contribution in [3.8, 4) is 5.75 Å². The van der Waals surface area contributed by atoms with Crippen molar-refractivity contribution >= 4 is 15.9 Å². The summed E-state index contributed by atoms with van der Waals surface area (Å²) in [5.74, 6) is 1.60. The van der Waals surface area contributed by atoms with Crippen LogP contribution in [0.3, 0.4) is 0 Å². The molecule has 6 heteroatoms. The Morgan fingerprint density at radius 1 is 1.15 bits per heavy atom. The van der Waals surface area contributed by atoms with E-state index < -0.39 is 6.10 Å². The van der Waals surface area contributed by atoms with E-state index in [1.165, 1.54) is 0 Å². The van der Waals surface area contributed by atoms with Crippen LogP contribution in [0.5, 0.6) is 5.75 Å². The molecule has 1 N–H and O–H groups in total. The van der Waals surface area contributed by atoms with E-state index in [9.17, 15) is 9.90 Å². The second kappa shape index (κ2) is 7.55. The molecule has 0 amide bonds. The number of piperidine rings is 1. The van der Waals surface area contributed by atoms with E-state index in [0.29, 0.717) is 18.4 Å². The van der Waals surface area contributed by atoms with Crippen molar-refractivity contribution in [2.24, 2.45) is 5.92 Å². The van der Waals surface area contributed by atoms with Gasteiger partial charge in [0.25, 0.3) is 5.56 Å². The standard InChI is InChI=1S/C20H23BrN2O3/c21-16-4-6-18(7-5-16)26-13-17(24)12-22-9-14-8-15(11-22)19-2-1-3-20(25)23(19)10-14/h1-7,14-15,17,24H,8-13H2/t14-,15+,17?/m1/s1. The minimum atomic E-state index is -0.532. The lowest BCUT2D eigenvalue weighted by atomic mass is 9.83. The molecule has 0 saturated carbocycles. The van der Waals surface area contributed by atoms with Crippen LogP contribution in [0.2, 0.25) is 0 Å². The zero-order valence-electron chi connectivity index (χ0n) is 14.6. The summed E-state index contributed by atoms with van der Waals surface area (Å²) in [6.07, 6.45) is 0.598. The Morgan fingerprint density at radius 2 is 1.96 bits per heavy atom. The molecule has 1 aromatic heterocycles. The first kappa shape index (κ1) is 17.8. The quantitative estimate of drug-likeness (QED) is 0.809. The molecule has 2 aromatic rings. The summed E-state index contributed by atoms with van der Waals surface area (Å²) in [6, 6.07) is 13.2. The van der Waals surface area contributed by atoms with Gasteiger partial charge in [-0.05, 0) is 42.7 Å². The maximum absolute atomic E-state index is 12.1. The van der Waals surface area contributed by atoms with E-state index in [1.54, 1.807) is 6.07 Å². The second-order valence-corrected chi connectivity index (χ2v) is 8.25. The summed E-state index contributed by atoms with van der Waals surface area (Å²) in [7, 11) is 0. The van der Waals surface area contributed by atoms with Crippen LogP contribution < -0.4 is 10.3 Å². The number of fused-ring (bicyclic) bond motifs is 4. The van der Waals surface area contributed by atoms with Crippen LogP contribution in [0.25, 0.3) is 0 Å². The average molecular weight is 419 g/mol. The molecule has 0 radical (unpaired) electrons. The predicted octanol–water partition coefficient (Wildman–Crippen LogP) is 2.47. The smallest absolute Gasteiger partial charge is 0.250 e. The van der Waals surface area contributed by atoms with Crippen molar-refractivity contribution in [1.82, 2.24) is 9.47 Å². The Labute approximate surface area is 161 Å². The third-order valence-corrected chi connectivity index (χ3v) is 5.81. The normalized spacial score (nSPS) is 23.3. The summed E-state index contributed by atoms with van der Waals surface area (Å²) < 4.78 is 8.63. The van der Waals surface area contributed by atoms with E-state index >= 15 is 0 Å². The molecule has 4 rings (SSSR count). The van der Waals surface area contributed by atoms with Crippen LogP contribution in [0.1, 0.15) is 18.0 Å². The molecule has 2 aliphatic rings. The van der Waals surface area contributed by atoms with Crippen LogP contribution in [-0.2, 0) is 6.54 Å². The largest absolute Gasteiger partial charge is 0.491 e. The number of aliphatic hydroxyl groups excluding tert-OH is 1. The Morgan fingerprint density at radius 3 is 2.77 bits per heavy atom. The Hall–Kier alpha value is -1.63. The van der Waals surface area contributed by atoms with Crippen LogP contribution in [0, 0.1) is 5.92 Å². The van der Waals surface area contributed by atoms with E-state index in [2.05, 4.69) is 26.9 Å². The lowest BCUT2D eigenvalue weighted by Crippen LogP contribution is -2.49. The molecule has 2 aliphatic heterocycles. The van der Waals surface area contributed by atoms with Gasteiger partial charge in [-0.3, -0.25) is 9.69 Å². The van der Waals surface area contributed by atoms with Crippen LogP contribution in [0.15, 0.2) is 51.7 Å². The van der Waals surface area contributed by atoms with Crippen molar-refractivity contribution < 1.29 is 9.84 Å². The van der Waals surface area contributed by atoms with Gasteiger partial charge >= 0.3 is 0 Å². The van der Waals surface area contributed by atoms with Crippen LogP contribution in [-0.4, -0.2) is 46.9 Å². The molecular formula is C20H23BrN2O3. The second-order valence-electron chi connectivity index (χ2n) is 7.34. The highest BCUT2D eigenvalue weighted by molar-refractivity contribution is 9.10. The summed E-state index contributed by atoms with van der Waals surface area (Å²) in [5.41, 5.74) is 1.24. The van der Waals surface area contributed by atoms with Gasteiger partial charge in [0.2, 0.25) is 0 Å². The van der Waals surface area contributed by atoms with Crippen LogP contribution >= 0.6 is 15.9 Å². The number of aliphatic hydroxyl groups is 1. The molecule has 138 valence electrons. The lowest BCUT2D eigenvalue weighted by Gasteiger charge is -2.43. The highest BCUT2D eigenvalue weighted by Gasteiger charge is 2.34. The van der Waals surface area contributed by atoms with E-state index in [-0.39, 0.29) is 12.2 Å². The first-order valence-corrected chi connectivity index (χ1v) is 9.86. The number of nitrogens with zero attached hydrogens (tertiary/aromatic N) is 2. The first-order chi connectivity index (χ1) is 12.6. The maximum atomic E-state index is 12.1. The Balaban J connectivity index is 1.35. The fourth-order valence-corrected chi connectivity index (χ4v) is 4.48. The highest BCUT2D eigenvalue weighted by atomic mass is 79.9. The lowest BCUT2D eigenvalue weighted by molar-refractivity contribution is 0.0384. The number of halogens is 1. The van der Waals surface area contributed by atoms with Crippen molar-refractivity contribution in [3.05, 3.63) is 63.0 Å². The summed E-state index contributed by atoms with van der Waals surface area (Å²) in [5, 5.41) is 10.4. The molecule has 1 unspecified atom stereocenters. The van der Waals surface area contributed by atoms with Gasteiger partial charge in [-0.25, -0.2) is 0 Å². The molecule has 3 atom stereocenters. The zero-order chi connectivity index (χ0) is 18.1. The first-order valence-electron chi connectivity index (χ1n) is 9.07. The number of hydrogen-bond acceptors (Lipinski definition) is 4. The minimum absolute atomic E-state index is 0.105. The third kappa shape index (κ3) is 3.87. The molecule has 1 fully saturated rings. The number of β-amino-alcohol motifs (C(OH)–C–C–N with tert-alkyl or cyclic N) is 1. The monoisotopic (exact) mass is 418 g/mol. The van der Waals surface area contributed by atoms with Gasteiger partial charge in [-0.15, -0.1) is 0 Å². The maximum Gasteiger partial charge on any atom is 0.250 e. The fourth-order valence-electron chi connectivity index (χ4n) is 4.22. The number of hydrogen-bond donors (Lipinski definition) is 1. The third-order valence-electron chi connectivity index (χ3n) is 5.28. The van der Waals surface area contributed by atoms with Gasteiger partial charge in [0.1, 0.15) is 18.5 Å². The number of ether oxygens (including phenoxy) is 1. The highest BCUT2D eigenvalue weighted by Crippen LogP contribution is 2.34. The van der Waals surface area contributed by atoms with Crippen molar-refractivity contribution in [2.75, 3.05) is 26.2 Å². The molecule has 2 bridgehead atoms. The van der Waals surface area contributed by atoms with Crippen molar-refractivity contribution in [3.63, 3.8) is 0 Å². The van der Waals surface area contributed by atoms with Crippen molar-refractivity contribution in [1.29, 1.82) is 0 Å². The fraction of sp³-hybridized carbons (Fsp3) is 0.450. The van der Waals surface area contributed by atoms with Gasteiger partial charge in [-0.1, -0.05) is 22.0 Å². The Bertz CT molecular complexity index is 821. The molecule has 1 saturated heterocycles. The van der Waals surface area contributed by atoms with Crippen molar-refractivity contribution in [2.45, 2.75) is 25.0 Å². The average Bonchev–Trinajstić information content (AvgIpc) is 2.62. The predicted molar refractivity (Wildman–Crippen MR) is 104 cm³/mol. The van der Waals surface area contributed by atoms with Gasteiger partial charge in [0.05, 0.1) is 0 Å². The van der Waals surface area contributed by atoms with E-state index in [1.807, 2.05) is 34.9 Å². The molecule has 1 aromatic carbocycles. The summed E-state index contributed by atoms with van der Waals surface area (Å²) in [4.78, 5) is 14.4. The minimum Gasteiger partial charge on any atom is -0.491 e. The number of benzene rings is 1. The SMILES string of the molecule is O=c1cccc2n1C[C@@H]1C[C@H]2CN(CC(O)COc2ccc(Br)cc2)C1. The van der Waals surface area contributed by atoms with E-state index in [0.717, 1.165) is 42.0 Å². The topological polar surface area (TPSA) is 54.7 Å².